The number of hydrogen-bond acceptors (Lipinski definition) is 3. The average Bonchev–Trinajstić information content (AvgIpc) is 3.61. The number of benzene rings is 7. The van der Waals surface area contributed by atoms with E-state index in [-0.39, 0.29) is 0 Å². The molecule has 0 atom stereocenters. The Hall–Kier alpha value is -6.02. The number of rotatable bonds is 5. The predicted octanol–water partition coefficient (Wildman–Crippen LogP) is 9.81. The van der Waals surface area contributed by atoms with Gasteiger partial charge in [0.1, 0.15) is 16.1 Å². The Bertz CT molecular complexity index is 2760. The molecule has 3 heterocycles. The van der Waals surface area contributed by atoms with E-state index in [1.807, 2.05) is 6.07 Å². The molecule has 0 unspecified atom stereocenters. The average molecular weight is 726 g/mol. The smallest absolute Gasteiger partial charge is 0.164 e. The fourth-order valence-corrected chi connectivity index (χ4v) is 15.2. The van der Waals surface area contributed by atoms with E-state index in [1.54, 1.807) is 0 Å². The van der Waals surface area contributed by atoms with Gasteiger partial charge in [-0.2, -0.15) is 0 Å². The van der Waals surface area contributed by atoms with Gasteiger partial charge in [0.05, 0.1) is 0 Å². The van der Waals surface area contributed by atoms with E-state index in [4.69, 9.17) is 15.0 Å². The van der Waals surface area contributed by atoms with Crippen molar-refractivity contribution < 1.29 is 0 Å². The molecule has 8 aromatic rings. The summed E-state index contributed by atoms with van der Waals surface area (Å²) in [5.74, 6) is 2.09. The minimum absolute atomic E-state index is 0.681. The predicted molar refractivity (Wildman–Crippen MR) is 231 cm³/mol. The van der Waals surface area contributed by atoms with Gasteiger partial charge >= 0.3 is 0 Å². The Labute approximate surface area is 319 Å². The zero-order chi connectivity index (χ0) is 36.6. The van der Waals surface area contributed by atoms with Crippen LogP contribution in [0.25, 0.3) is 78.7 Å². The molecule has 0 amide bonds. The van der Waals surface area contributed by atoms with E-state index >= 15 is 0 Å². The molecule has 258 valence electrons. The first-order valence-electron chi connectivity index (χ1n) is 18.8. The van der Waals surface area contributed by atoms with Crippen molar-refractivity contribution in [2.45, 2.75) is 26.2 Å². The summed E-state index contributed by atoms with van der Waals surface area (Å²) in [5, 5.41) is 5.77. The third kappa shape index (κ3) is 4.96. The molecule has 10 rings (SSSR count). The molecule has 0 bridgehead atoms. The van der Waals surface area contributed by atoms with Crippen LogP contribution in [-0.4, -0.2) is 31.1 Å². The Morgan fingerprint density at radius 3 is 1.43 bits per heavy atom. The molecule has 3 nitrogen and oxygen atoms in total. The molecule has 0 saturated heterocycles. The van der Waals surface area contributed by atoms with Crippen LogP contribution < -0.4 is 20.7 Å². The first-order valence-corrected chi connectivity index (χ1v) is 24.8. The fraction of sp³-hybridized carbons (Fsp3) is 0.0816. The molecular formula is C49H39N3Si2. The maximum Gasteiger partial charge on any atom is 0.164 e. The Morgan fingerprint density at radius 2 is 0.759 bits per heavy atom. The highest BCUT2D eigenvalue weighted by molar-refractivity contribution is 7.04. The third-order valence-electron chi connectivity index (χ3n) is 11.7. The second-order valence-corrected chi connectivity index (χ2v) is 24.3. The van der Waals surface area contributed by atoms with Crippen molar-refractivity contribution in [3.8, 4) is 78.7 Å². The third-order valence-corrected chi connectivity index (χ3v) is 18.8. The first-order chi connectivity index (χ1) is 26.3. The van der Waals surface area contributed by atoms with E-state index in [0.29, 0.717) is 17.5 Å². The molecule has 0 saturated carbocycles. The van der Waals surface area contributed by atoms with Gasteiger partial charge in [-0.25, -0.2) is 15.0 Å². The summed E-state index contributed by atoms with van der Waals surface area (Å²) in [6, 6.07) is 59.3. The molecule has 5 heteroatoms. The monoisotopic (exact) mass is 725 g/mol. The van der Waals surface area contributed by atoms with Crippen LogP contribution in [0.15, 0.2) is 164 Å². The minimum atomic E-state index is -2.05. The van der Waals surface area contributed by atoms with E-state index in [1.165, 1.54) is 65.3 Å². The van der Waals surface area contributed by atoms with E-state index < -0.39 is 16.1 Å². The van der Waals surface area contributed by atoms with Crippen molar-refractivity contribution in [3.05, 3.63) is 164 Å². The quantitative estimate of drug-likeness (QED) is 0.166. The first kappa shape index (κ1) is 32.6. The fourth-order valence-electron chi connectivity index (χ4n) is 9.00. The standard InChI is InChI=1S/C49H39N3Si2/c1-53(2)40-27-15-14-24-37(40)44-39(30-35(31-43(44)53)32-18-8-5-9-19-32)49-51-47(34-22-12-7-13-23-34)50-48(52-49)38-26-17-29-42-46(38)45-36(33-20-10-6-11-21-33)25-16-28-41(45)54(42,3)4/h5-31H,1-4H3. The molecule has 0 N–H and O–H groups in total. The summed E-state index contributed by atoms with van der Waals surface area (Å²) in [7, 11) is -4.09. The van der Waals surface area contributed by atoms with Crippen molar-refractivity contribution in [3.63, 3.8) is 0 Å². The summed E-state index contributed by atoms with van der Waals surface area (Å²) < 4.78 is 0. The maximum atomic E-state index is 5.54. The largest absolute Gasteiger partial charge is 0.208 e. The zero-order valence-corrected chi connectivity index (χ0v) is 32.9. The van der Waals surface area contributed by atoms with Gasteiger partial charge in [-0.15, -0.1) is 0 Å². The van der Waals surface area contributed by atoms with Crippen LogP contribution in [0.1, 0.15) is 0 Å². The number of nitrogens with zero attached hydrogens (tertiary/aromatic N) is 3. The minimum Gasteiger partial charge on any atom is -0.208 e. The highest BCUT2D eigenvalue weighted by atomic mass is 28.3. The van der Waals surface area contributed by atoms with Gasteiger partial charge in [0.2, 0.25) is 0 Å². The summed E-state index contributed by atoms with van der Waals surface area (Å²) in [6.45, 7) is 9.91. The van der Waals surface area contributed by atoms with Gasteiger partial charge in [-0.05, 0) is 71.3 Å². The normalized spacial score (nSPS) is 14.2. The van der Waals surface area contributed by atoms with Gasteiger partial charge < -0.3 is 0 Å². The van der Waals surface area contributed by atoms with Gasteiger partial charge in [0.15, 0.2) is 17.5 Å². The Balaban J connectivity index is 1.28. The highest BCUT2D eigenvalue weighted by Crippen LogP contribution is 2.43. The van der Waals surface area contributed by atoms with Crippen LogP contribution >= 0.6 is 0 Å². The van der Waals surface area contributed by atoms with Crippen LogP contribution in [0.4, 0.5) is 0 Å². The van der Waals surface area contributed by atoms with Gasteiger partial charge in [-0.1, -0.05) is 184 Å². The maximum absolute atomic E-state index is 5.54. The lowest BCUT2D eigenvalue weighted by Crippen LogP contribution is -2.49. The molecule has 1 aromatic heterocycles. The molecule has 0 radical (unpaired) electrons. The van der Waals surface area contributed by atoms with Crippen molar-refractivity contribution in [2.24, 2.45) is 0 Å². The Kier molecular flexibility index (Phi) is 7.41. The zero-order valence-electron chi connectivity index (χ0n) is 30.9. The Morgan fingerprint density at radius 1 is 0.296 bits per heavy atom. The van der Waals surface area contributed by atoms with E-state index in [0.717, 1.165) is 16.7 Å². The van der Waals surface area contributed by atoms with Crippen molar-refractivity contribution in [1.82, 2.24) is 15.0 Å². The highest BCUT2D eigenvalue weighted by Gasteiger charge is 2.42. The molecule has 2 aliphatic rings. The molecular weight excluding hydrogens is 687 g/mol. The van der Waals surface area contributed by atoms with Crippen LogP contribution in [-0.2, 0) is 0 Å². The van der Waals surface area contributed by atoms with E-state index in [9.17, 15) is 0 Å². The lowest BCUT2D eigenvalue weighted by atomic mass is 9.91. The van der Waals surface area contributed by atoms with Gasteiger partial charge in [-0.3, -0.25) is 0 Å². The lowest BCUT2D eigenvalue weighted by Gasteiger charge is -2.21. The number of aromatic nitrogens is 3. The molecule has 0 aliphatic carbocycles. The number of fused-ring (bicyclic) bond motifs is 6. The molecule has 7 aromatic carbocycles. The number of hydrogen-bond donors (Lipinski definition) is 0. The van der Waals surface area contributed by atoms with Crippen LogP contribution in [0.5, 0.6) is 0 Å². The van der Waals surface area contributed by atoms with Crippen molar-refractivity contribution in [2.75, 3.05) is 0 Å². The molecule has 0 fully saturated rings. The van der Waals surface area contributed by atoms with E-state index in [2.05, 4.69) is 184 Å². The molecule has 2 aliphatic heterocycles. The molecule has 0 spiro atoms. The summed E-state index contributed by atoms with van der Waals surface area (Å²) in [6.07, 6.45) is 0. The second-order valence-electron chi connectivity index (χ2n) is 15.6. The van der Waals surface area contributed by atoms with Gasteiger partial charge in [0.25, 0.3) is 0 Å². The van der Waals surface area contributed by atoms with Crippen molar-refractivity contribution in [1.29, 1.82) is 0 Å². The summed E-state index contributed by atoms with van der Waals surface area (Å²) in [5.41, 5.74) is 13.1. The molecule has 54 heavy (non-hydrogen) atoms. The lowest BCUT2D eigenvalue weighted by molar-refractivity contribution is 1.08. The van der Waals surface area contributed by atoms with Crippen LogP contribution in [0, 0.1) is 0 Å². The van der Waals surface area contributed by atoms with Crippen molar-refractivity contribution >= 4 is 36.9 Å². The second kappa shape index (κ2) is 12.3. The van der Waals surface area contributed by atoms with Crippen LogP contribution in [0.3, 0.4) is 0 Å². The summed E-state index contributed by atoms with van der Waals surface area (Å²) >= 11 is 0. The topological polar surface area (TPSA) is 38.7 Å². The van der Waals surface area contributed by atoms with Crippen LogP contribution in [0.2, 0.25) is 26.2 Å². The SMILES string of the molecule is C[Si]1(C)c2ccccc2-c2c(-c3nc(-c4ccccc4)nc(-c4cccc5c4-c4c(-c6ccccc6)cccc4[Si]5(C)C)n3)cc(-c3ccccc3)cc21. The van der Waals surface area contributed by atoms with Gasteiger partial charge in [0, 0.05) is 16.7 Å². The summed E-state index contributed by atoms with van der Waals surface area (Å²) in [4.78, 5) is 16.3.